The second-order valence-corrected chi connectivity index (χ2v) is 5.19. The van der Waals surface area contributed by atoms with E-state index in [2.05, 4.69) is 48.4 Å². The Labute approximate surface area is 102 Å². The van der Waals surface area contributed by atoms with Gasteiger partial charge < -0.3 is 5.32 Å². The molecule has 1 aromatic carbocycles. The lowest BCUT2D eigenvalue weighted by Crippen LogP contribution is -2.13. The molecular weight excluding hydrogens is 210 g/mol. The van der Waals surface area contributed by atoms with Gasteiger partial charge in [0, 0.05) is 18.0 Å². The minimum Gasteiger partial charge on any atom is -0.371 e. The minimum atomic E-state index is 0.0489. The third-order valence-corrected chi connectivity index (χ3v) is 2.82. The molecule has 2 aromatic rings. The topological polar surface area (TPSA) is 40.7 Å². The van der Waals surface area contributed by atoms with Gasteiger partial charge in [-0.15, -0.1) is 0 Å². The molecule has 3 heteroatoms. The third kappa shape index (κ3) is 2.18. The van der Waals surface area contributed by atoms with Gasteiger partial charge in [-0.1, -0.05) is 51.1 Å². The second-order valence-electron chi connectivity index (χ2n) is 5.19. The summed E-state index contributed by atoms with van der Waals surface area (Å²) in [7, 11) is 1.90. The zero-order chi connectivity index (χ0) is 12.5. The predicted molar refractivity (Wildman–Crippen MR) is 72.3 cm³/mol. The average molecular weight is 229 g/mol. The van der Waals surface area contributed by atoms with Gasteiger partial charge in [-0.2, -0.15) is 5.10 Å². The number of hydrogen-bond acceptors (Lipinski definition) is 2. The maximum atomic E-state index is 4.34. The molecule has 0 unspecified atom stereocenters. The Morgan fingerprint density at radius 1 is 1.12 bits per heavy atom. The lowest BCUT2D eigenvalue weighted by atomic mass is 9.87. The monoisotopic (exact) mass is 229 g/mol. The molecule has 0 bridgehead atoms. The number of aromatic nitrogens is 2. The summed E-state index contributed by atoms with van der Waals surface area (Å²) < 4.78 is 0. The van der Waals surface area contributed by atoms with Crippen molar-refractivity contribution in [2.75, 3.05) is 12.4 Å². The van der Waals surface area contributed by atoms with Crippen LogP contribution in [0, 0.1) is 0 Å². The van der Waals surface area contributed by atoms with E-state index < -0.39 is 0 Å². The number of rotatable bonds is 2. The molecule has 0 saturated carbocycles. The average Bonchev–Trinajstić information content (AvgIpc) is 2.73. The summed E-state index contributed by atoms with van der Waals surface area (Å²) >= 11 is 0. The van der Waals surface area contributed by atoms with Crippen molar-refractivity contribution in [3.05, 3.63) is 36.0 Å². The van der Waals surface area contributed by atoms with Crippen LogP contribution in [0.3, 0.4) is 0 Å². The van der Waals surface area contributed by atoms with Gasteiger partial charge in [-0.05, 0) is 5.56 Å². The maximum absolute atomic E-state index is 4.34. The van der Waals surface area contributed by atoms with Crippen LogP contribution in [-0.2, 0) is 5.41 Å². The van der Waals surface area contributed by atoms with Crippen LogP contribution in [0.1, 0.15) is 26.5 Å². The van der Waals surface area contributed by atoms with Crippen LogP contribution in [0.2, 0.25) is 0 Å². The largest absolute Gasteiger partial charge is 0.371 e. The lowest BCUT2D eigenvalue weighted by Gasteiger charge is -2.18. The van der Waals surface area contributed by atoms with Crippen LogP contribution in [0.5, 0.6) is 0 Å². The molecule has 0 amide bonds. The smallest absolute Gasteiger partial charge is 0.155 e. The summed E-state index contributed by atoms with van der Waals surface area (Å²) in [6.45, 7) is 6.56. The highest BCUT2D eigenvalue weighted by Crippen LogP contribution is 2.35. The Morgan fingerprint density at radius 3 is 2.29 bits per heavy atom. The molecule has 0 radical (unpaired) electrons. The van der Waals surface area contributed by atoms with Gasteiger partial charge in [0.1, 0.15) is 0 Å². The fraction of sp³-hybridized carbons (Fsp3) is 0.357. The Morgan fingerprint density at radius 2 is 1.76 bits per heavy atom. The van der Waals surface area contributed by atoms with Crippen molar-refractivity contribution in [3.63, 3.8) is 0 Å². The van der Waals surface area contributed by atoms with E-state index in [4.69, 9.17) is 0 Å². The molecule has 0 fully saturated rings. The molecule has 17 heavy (non-hydrogen) atoms. The SMILES string of the molecule is CNc1n[nH]c(C(C)(C)C)c1-c1ccccc1. The quantitative estimate of drug-likeness (QED) is 0.828. The molecule has 0 spiro atoms. The molecule has 90 valence electrons. The third-order valence-electron chi connectivity index (χ3n) is 2.82. The standard InChI is InChI=1S/C14H19N3/c1-14(2,3)12-11(13(15-4)17-16-12)10-8-6-5-7-9-10/h5-9H,1-4H3,(H2,15,16,17). The Kier molecular flexibility index (Phi) is 2.92. The molecule has 2 rings (SSSR count). The highest BCUT2D eigenvalue weighted by Gasteiger charge is 2.24. The highest BCUT2D eigenvalue weighted by atomic mass is 15.2. The van der Waals surface area contributed by atoms with Crippen LogP contribution >= 0.6 is 0 Å². The first-order valence-electron chi connectivity index (χ1n) is 5.86. The molecule has 0 atom stereocenters. The van der Waals surface area contributed by atoms with Crippen molar-refractivity contribution < 1.29 is 0 Å². The van der Waals surface area contributed by atoms with Gasteiger partial charge >= 0.3 is 0 Å². The lowest BCUT2D eigenvalue weighted by molar-refractivity contribution is 0.568. The van der Waals surface area contributed by atoms with E-state index in [1.54, 1.807) is 0 Å². The number of hydrogen-bond donors (Lipinski definition) is 2. The highest BCUT2D eigenvalue weighted by molar-refractivity contribution is 5.78. The molecule has 1 aromatic heterocycles. The van der Waals surface area contributed by atoms with Crippen molar-refractivity contribution >= 4 is 5.82 Å². The predicted octanol–water partition coefficient (Wildman–Crippen LogP) is 3.42. The van der Waals surface area contributed by atoms with Crippen molar-refractivity contribution in [1.82, 2.24) is 10.2 Å². The maximum Gasteiger partial charge on any atom is 0.155 e. The van der Waals surface area contributed by atoms with Crippen LogP contribution in [0.15, 0.2) is 30.3 Å². The summed E-state index contributed by atoms with van der Waals surface area (Å²) in [4.78, 5) is 0. The zero-order valence-corrected chi connectivity index (χ0v) is 10.8. The minimum absolute atomic E-state index is 0.0489. The number of H-pyrrole nitrogens is 1. The molecule has 0 aliphatic carbocycles. The van der Waals surface area contributed by atoms with Gasteiger partial charge in [0.05, 0.1) is 5.69 Å². The molecule has 3 nitrogen and oxygen atoms in total. The van der Waals surface area contributed by atoms with E-state index in [0.29, 0.717) is 0 Å². The van der Waals surface area contributed by atoms with Crippen LogP contribution in [0.25, 0.3) is 11.1 Å². The summed E-state index contributed by atoms with van der Waals surface area (Å²) in [5, 5.41) is 10.6. The first kappa shape index (κ1) is 11.7. The van der Waals surface area contributed by atoms with Crippen molar-refractivity contribution in [3.8, 4) is 11.1 Å². The van der Waals surface area contributed by atoms with E-state index in [1.807, 2.05) is 25.2 Å². The number of aromatic amines is 1. The van der Waals surface area contributed by atoms with Crippen LogP contribution in [0.4, 0.5) is 5.82 Å². The molecule has 2 N–H and O–H groups in total. The number of nitrogens with one attached hydrogen (secondary N) is 2. The Hall–Kier alpha value is -1.77. The van der Waals surface area contributed by atoms with Gasteiger partial charge in [0.15, 0.2) is 5.82 Å². The van der Waals surface area contributed by atoms with Gasteiger partial charge in [0.2, 0.25) is 0 Å². The van der Waals surface area contributed by atoms with E-state index in [1.165, 1.54) is 11.1 Å². The zero-order valence-electron chi connectivity index (χ0n) is 10.8. The molecule has 0 aliphatic heterocycles. The van der Waals surface area contributed by atoms with Crippen molar-refractivity contribution in [2.45, 2.75) is 26.2 Å². The Bertz CT molecular complexity index is 492. The normalized spacial score (nSPS) is 11.5. The van der Waals surface area contributed by atoms with Gasteiger partial charge in [0.25, 0.3) is 0 Å². The number of nitrogens with zero attached hydrogens (tertiary/aromatic N) is 1. The van der Waals surface area contributed by atoms with Gasteiger partial charge in [-0.3, -0.25) is 5.10 Å². The first-order valence-corrected chi connectivity index (χ1v) is 5.86. The van der Waals surface area contributed by atoms with Crippen LogP contribution < -0.4 is 5.32 Å². The molecule has 0 saturated heterocycles. The van der Waals surface area contributed by atoms with Crippen LogP contribution in [-0.4, -0.2) is 17.2 Å². The molecule has 0 aliphatic rings. The van der Waals surface area contributed by atoms with Gasteiger partial charge in [-0.25, -0.2) is 0 Å². The fourth-order valence-corrected chi connectivity index (χ4v) is 1.95. The van der Waals surface area contributed by atoms with E-state index in [9.17, 15) is 0 Å². The van der Waals surface area contributed by atoms with Crippen molar-refractivity contribution in [1.29, 1.82) is 0 Å². The fourth-order valence-electron chi connectivity index (χ4n) is 1.95. The Balaban J connectivity index is 2.62. The summed E-state index contributed by atoms with van der Waals surface area (Å²) in [5.74, 6) is 0.904. The van der Waals surface area contributed by atoms with E-state index in [-0.39, 0.29) is 5.41 Å². The van der Waals surface area contributed by atoms with E-state index >= 15 is 0 Å². The second kappa shape index (κ2) is 4.24. The molecule has 1 heterocycles. The molecular formula is C14H19N3. The summed E-state index contributed by atoms with van der Waals surface area (Å²) in [6, 6.07) is 10.4. The van der Waals surface area contributed by atoms with E-state index in [0.717, 1.165) is 11.5 Å². The summed E-state index contributed by atoms with van der Waals surface area (Å²) in [6.07, 6.45) is 0. The number of anilines is 1. The summed E-state index contributed by atoms with van der Waals surface area (Å²) in [5.41, 5.74) is 3.57. The first-order chi connectivity index (χ1) is 8.04. The number of benzene rings is 1. The van der Waals surface area contributed by atoms with Crippen molar-refractivity contribution in [2.24, 2.45) is 0 Å².